The lowest BCUT2D eigenvalue weighted by molar-refractivity contribution is 0.473. The van der Waals surface area contributed by atoms with E-state index < -0.39 is 0 Å². The van der Waals surface area contributed by atoms with Gasteiger partial charge in [0.1, 0.15) is 5.75 Å². The molecule has 0 aromatic heterocycles. The molecule has 15 heavy (non-hydrogen) atoms. The van der Waals surface area contributed by atoms with Crippen molar-refractivity contribution in [1.29, 1.82) is 0 Å². The molecule has 1 N–H and O–H groups in total. The molecule has 0 saturated heterocycles. The van der Waals surface area contributed by atoms with Crippen LogP contribution in [0.5, 0.6) is 5.75 Å². The maximum Gasteiger partial charge on any atom is 0.116 e. The molecule has 0 radical (unpaired) electrons. The summed E-state index contributed by atoms with van der Waals surface area (Å²) < 4.78 is 0. The van der Waals surface area contributed by atoms with Gasteiger partial charge < -0.3 is 5.11 Å². The smallest absolute Gasteiger partial charge is 0.116 e. The monoisotopic (exact) mass is 203 g/mol. The molecule has 1 atom stereocenters. The average Bonchev–Trinajstić information content (AvgIpc) is 2.16. The Hall–Kier alpha value is -1.31. The largest absolute Gasteiger partial charge is 0.508 e. The summed E-state index contributed by atoms with van der Waals surface area (Å²) in [6, 6.07) is 3.69. The van der Waals surface area contributed by atoms with Gasteiger partial charge in [-0.15, -0.1) is 0 Å². The summed E-state index contributed by atoms with van der Waals surface area (Å²) in [6.07, 6.45) is 1.88. The van der Waals surface area contributed by atoms with E-state index in [0.29, 0.717) is 17.6 Å². The van der Waals surface area contributed by atoms with Gasteiger partial charge in [-0.2, -0.15) is 0 Å². The second-order valence-electron chi connectivity index (χ2n) is 4.59. The van der Waals surface area contributed by atoms with Crippen molar-refractivity contribution in [3.8, 4) is 5.75 Å². The number of hydrogen-bond donors (Lipinski definition) is 1. The summed E-state index contributed by atoms with van der Waals surface area (Å²) in [4.78, 5) is 4.30. The first kappa shape index (κ1) is 10.2. The van der Waals surface area contributed by atoms with Crippen molar-refractivity contribution >= 4 is 6.21 Å². The molecular weight excluding hydrogens is 186 g/mol. The Kier molecular flexibility index (Phi) is 2.51. The highest BCUT2D eigenvalue weighted by Crippen LogP contribution is 2.34. The lowest BCUT2D eigenvalue weighted by atomic mass is 9.85. The minimum absolute atomic E-state index is 0.345. The van der Waals surface area contributed by atoms with Gasteiger partial charge in [0.05, 0.1) is 0 Å². The Morgan fingerprint density at radius 3 is 2.80 bits per heavy atom. The molecule has 0 saturated carbocycles. The Balaban J connectivity index is 2.64. The van der Waals surface area contributed by atoms with Crippen molar-refractivity contribution in [1.82, 2.24) is 0 Å². The first-order valence-electron chi connectivity index (χ1n) is 5.46. The van der Waals surface area contributed by atoms with Crippen LogP contribution in [0.2, 0.25) is 0 Å². The molecule has 0 aliphatic carbocycles. The number of aromatic hydroxyl groups is 1. The SMILES string of the molecule is CC(C)c1cc(O)cc2c1C(C)CN=C2. The number of hydrogen-bond acceptors (Lipinski definition) is 2. The second-order valence-corrected chi connectivity index (χ2v) is 4.59. The van der Waals surface area contributed by atoms with Crippen molar-refractivity contribution < 1.29 is 5.11 Å². The van der Waals surface area contributed by atoms with Crippen molar-refractivity contribution in [2.45, 2.75) is 32.6 Å². The Morgan fingerprint density at radius 1 is 1.40 bits per heavy atom. The van der Waals surface area contributed by atoms with Crippen LogP contribution in [0.15, 0.2) is 17.1 Å². The first-order valence-corrected chi connectivity index (χ1v) is 5.46. The molecule has 1 aliphatic heterocycles. The summed E-state index contributed by atoms with van der Waals surface area (Å²) >= 11 is 0. The highest BCUT2D eigenvalue weighted by Gasteiger charge is 2.19. The van der Waals surface area contributed by atoms with E-state index in [0.717, 1.165) is 12.1 Å². The van der Waals surface area contributed by atoms with E-state index in [1.165, 1.54) is 11.1 Å². The Labute approximate surface area is 90.7 Å². The summed E-state index contributed by atoms with van der Waals surface area (Å²) in [6.45, 7) is 7.37. The molecule has 2 nitrogen and oxygen atoms in total. The molecule has 1 aromatic carbocycles. The van der Waals surface area contributed by atoms with Crippen LogP contribution in [0.3, 0.4) is 0 Å². The van der Waals surface area contributed by atoms with Crippen LogP contribution in [0.4, 0.5) is 0 Å². The number of phenols is 1. The molecule has 1 aliphatic rings. The molecular formula is C13H17NO. The first-order chi connectivity index (χ1) is 7.09. The number of benzene rings is 1. The molecule has 1 heterocycles. The topological polar surface area (TPSA) is 32.6 Å². The predicted octanol–water partition coefficient (Wildman–Crippen LogP) is 3.05. The van der Waals surface area contributed by atoms with Crippen LogP contribution in [0.25, 0.3) is 0 Å². The molecule has 80 valence electrons. The molecule has 2 rings (SSSR count). The Bertz CT molecular complexity index is 407. The third-order valence-electron chi connectivity index (χ3n) is 2.95. The lowest BCUT2D eigenvalue weighted by Crippen LogP contribution is -2.12. The molecule has 0 bridgehead atoms. The summed E-state index contributed by atoms with van der Waals surface area (Å²) in [5.41, 5.74) is 3.69. The molecule has 0 fully saturated rings. The van der Waals surface area contributed by atoms with Crippen LogP contribution < -0.4 is 0 Å². The van der Waals surface area contributed by atoms with Crippen molar-refractivity contribution in [3.05, 3.63) is 28.8 Å². The molecule has 0 amide bonds. The van der Waals surface area contributed by atoms with Crippen LogP contribution in [0, 0.1) is 0 Å². The molecule has 1 aromatic rings. The molecule has 2 heteroatoms. The van der Waals surface area contributed by atoms with E-state index >= 15 is 0 Å². The van der Waals surface area contributed by atoms with Crippen LogP contribution in [0.1, 0.15) is 49.3 Å². The maximum atomic E-state index is 9.64. The highest BCUT2D eigenvalue weighted by atomic mass is 16.3. The minimum atomic E-state index is 0.345. The fourth-order valence-electron chi connectivity index (χ4n) is 2.24. The van der Waals surface area contributed by atoms with Gasteiger partial charge in [0, 0.05) is 18.7 Å². The molecule has 1 unspecified atom stereocenters. The van der Waals surface area contributed by atoms with Crippen LogP contribution in [-0.4, -0.2) is 17.9 Å². The zero-order valence-corrected chi connectivity index (χ0v) is 9.49. The standard InChI is InChI=1S/C13H17NO/c1-8(2)12-5-11(15)4-10-7-14-6-9(3)13(10)12/h4-5,7-9,15H,6H2,1-3H3. The van der Waals surface area contributed by atoms with Crippen LogP contribution in [-0.2, 0) is 0 Å². The van der Waals surface area contributed by atoms with Crippen LogP contribution >= 0.6 is 0 Å². The fourth-order valence-corrected chi connectivity index (χ4v) is 2.24. The zero-order valence-electron chi connectivity index (χ0n) is 9.49. The van der Waals surface area contributed by atoms with Gasteiger partial charge in [0.25, 0.3) is 0 Å². The van der Waals surface area contributed by atoms with E-state index in [9.17, 15) is 5.11 Å². The highest BCUT2D eigenvalue weighted by molar-refractivity contribution is 5.85. The predicted molar refractivity (Wildman–Crippen MR) is 63.1 cm³/mol. The van der Waals surface area contributed by atoms with Gasteiger partial charge in [-0.1, -0.05) is 20.8 Å². The van der Waals surface area contributed by atoms with Crippen molar-refractivity contribution in [2.75, 3.05) is 6.54 Å². The second kappa shape index (κ2) is 3.69. The normalized spacial score (nSPS) is 19.3. The van der Waals surface area contributed by atoms with E-state index in [2.05, 4.69) is 25.8 Å². The number of nitrogens with zero attached hydrogens (tertiary/aromatic N) is 1. The van der Waals surface area contributed by atoms with Gasteiger partial charge >= 0.3 is 0 Å². The third-order valence-corrected chi connectivity index (χ3v) is 2.95. The lowest BCUT2D eigenvalue weighted by Gasteiger charge is -2.23. The third kappa shape index (κ3) is 1.76. The number of fused-ring (bicyclic) bond motifs is 1. The van der Waals surface area contributed by atoms with Gasteiger partial charge in [0.2, 0.25) is 0 Å². The summed E-state index contributed by atoms with van der Waals surface area (Å²) in [7, 11) is 0. The summed E-state index contributed by atoms with van der Waals surface area (Å²) in [5.74, 6) is 1.25. The fraction of sp³-hybridized carbons (Fsp3) is 0.462. The van der Waals surface area contributed by atoms with E-state index in [1.54, 1.807) is 6.07 Å². The quantitative estimate of drug-likeness (QED) is 0.747. The average molecular weight is 203 g/mol. The van der Waals surface area contributed by atoms with Gasteiger partial charge in [-0.05, 0) is 34.7 Å². The van der Waals surface area contributed by atoms with Gasteiger partial charge in [-0.3, -0.25) is 4.99 Å². The molecule has 0 spiro atoms. The zero-order chi connectivity index (χ0) is 11.0. The van der Waals surface area contributed by atoms with Gasteiger partial charge in [-0.25, -0.2) is 0 Å². The van der Waals surface area contributed by atoms with Gasteiger partial charge in [0.15, 0.2) is 0 Å². The summed E-state index contributed by atoms with van der Waals surface area (Å²) in [5, 5.41) is 9.64. The van der Waals surface area contributed by atoms with Crippen molar-refractivity contribution in [2.24, 2.45) is 4.99 Å². The van der Waals surface area contributed by atoms with E-state index in [-0.39, 0.29) is 0 Å². The minimum Gasteiger partial charge on any atom is -0.508 e. The Morgan fingerprint density at radius 2 is 2.13 bits per heavy atom. The number of phenolic OH excluding ortho intramolecular Hbond substituents is 1. The number of rotatable bonds is 1. The number of aliphatic imine (C=N–C) groups is 1. The van der Waals surface area contributed by atoms with E-state index in [1.807, 2.05) is 12.3 Å². The van der Waals surface area contributed by atoms with E-state index in [4.69, 9.17) is 0 Å². The van der Waals surface area contributed by atoms with Crippen molar-refractivity contribution in [3.63, 3.8) is 0 Å². The maximum absolute atomic E-state index is 9.64.